The number of carbonyl (C=O) groups excluding carboxylic acids is 1. The Morgan fingerprint density at radius 2 is 2.06 bits per heavy atom. The predicted octanol–water partition coefficient (Wildman–Crippen LogP) is 2.05. The standard InChI is InChI=1S/C14H24N2O2/c1-5-6-9-15-11-7-8-12(10-11)16-13(17)18-14(2,3)4/h1,11-12,15H,6-10H2,2-4H3,(H,16,17). The zero-order valence-electron chi connectivity index (χ0n) is 11.6. The fourth-order valence-corrected chi connectivity index (χ4v) is 2.12. The number of rotatable bonds is 4. The summed E-state index contributed by atoms with van der Waals surface area (Å²) in [6.45, 7) is 6.45. The molecule has 0 aromatic rings. The van der Waals surface area contributed by atoms with Gasteiger partial charge in [0.15, 0.2) is 0 Å². The second-order valence-corrected chi connectivity index (χ2v) is 5.76. The number of hydrogen-bond acceptors (Lipinski definition) is 3. The van der Waals surface area contributed by atoms with Crippen molar-refractivity contribution in [1.29, 1.82) is 0 Å². The van der Waals surface area contributed by atoms with E-state index in [0.29, 0.717) is 6.04 Å². The first-order valence-corrected chi connectivity index (χ1v) is 6.57. The summed E-state index contributed by atoms with van der Waals surface area (Å²) in [5.41, 5.74) is -0.437. The smallest absolute Gasteiger partial charge is 0.407 e. The van der Waals surface area contributed by atoms with E-state index in [4.69, 9.17) is 11.2 Å². The molecule has 0 aromatic carbocycles. The molecule has 1 saturated carbocycles. The van der Waals surface area contributed by atoms with Crippen LogP contribution < -0.4 is 10.6 Å². The summed E-state index contributed by atoms with van der Waals surface area (Å²) in [5, 5.41) is 6.31. The molecule has 102 valence electrons. The van der Waals surface area contributed by atoms with Crippen LogP contribution in [0.3, 0.4) is 0 Å². The second kappa shape index (κ2) is 6.65. The molecule has 0 spiro atoms. The molecule has 0 saturated heterocycles. The molecule has 4 heteroatoms. The minimum absolute atomic E-state index is 0.211. The van der Waals surface area contributed by atoms with E-state index < -0.39 is 5.60 Å². The van der Waals surface area contributed by atoms with E-state index in [1.54, 1.807) is 0 Å². The third kappa shape index (κ3) is 5.92. The van der Waals surface area contributed by atoms with Crippen LogP contribution in [0.25, 0.3) is 0 Å². The minimum Gasteiger partial charge on any atom is -0.444 e. The van der Waals surface area contributed by atoms with Crippen LogP contribution in [0.4, 0.5) is 4.79 Å². The van der Waals surface area contributed by atoms with E-state index >= 15 is 0 Å². The largest absolute Gasteiger partial charge is 0.444 e. The van der Waals surface area contributed by atoms with Crippen molar-refractivity contribution in [2.45, 2.75) is 64.1 Å². The topological polar surface area (TPSA) is 50.4 Å². The summed E-state index contributed by atoms with van der Waals surface area (Å²) in [5.74, 6) is 2.61. The first-order chi connectivity index (χ1) is 8.40. The highest BCUT2D eigenvalue weighted by Crippen LogP contribution is 2.19. The van der Waals surface area contributed by atoms with Crippen LogP contribution >= 0.6 is 0 Å². The predicted molar refractivity (Wildman–Crippen MR) is 72.2 cm³/mol. The summed E-state index contributed by atoms with van der Waals surface area (Å²) < 4.78 is 5.24. The average Bonchev–Trinajstić information content (AvgIpc) is 2.63. The number of alkyl carbamates (subject to hydrolysis) is 1. The Bertz CT molecular complexity index is 315. The SMILES string of the molecule is C#CCCNC1CCC(NC(=O)OC(C)(C)C)C1. The molecule has 18 heavy (non-hydrogen) atoms. The molecule has 1 rings (SSSR count). The lowest BCUT2D eigenvalue weighted by molar-refractivity contribution is 0.0505. The summed E-state index contributed by atoms with van der Waals surface area (Å²) in [6, 6.07) is 0.668. The number of ether oxygens (including phenoxy) is 1. The average molecular weight is 252 g/mol. The van der Waals surface area contributed by atoms with Gasteiger partial charge in [-0.3, -0.25) is 0 Å². The van der Waals surface area contributed by atoms with Gasteiger partial charge < -0.3 is 15.4 Å². The molecule has 4 nitrogen and oxygen atoms in total. The third-order valence-corrected chi connectivity index (χ3v) is 2.86. The molecule has 0 aromatic heterocycles. The molecule has 2 N–H and O–H groups in total. The van der Waals surface area contributed by atoms with E-state index in [0.717, 1.165) is 32.2 Å². The second-order valence-electron chi connectivity index (χ2n) is 5.76. The van der Waals surface area contributed by atoms with Gasteiger partial charge in [-0.15, -0.1) is 12.3 Å². The highest BCUT2D eigenvalue weighted by atomic mass is 16.6. The maximum atomic E-state index is 11.6. The van der Waals surface area contributed by atoms with Crippen LogP contribution in [0.1, 0.15) is 46.5 Å². The molecule has 2 unspecified atom stereocenters. The van der Waals surface area contributed by atoms with Crippen LogP contribution in [-0.4, -0.2) is 30.3 Å². The maximum Gasteiger partial charge on any atom is 0.407 e. The van der Waals surface area contributed by atoms with Gasteiger partial charge in [0.1, 0.15) is 5.60 Å². The van der Waals surface area contributed by atoms with Crippen molar-refractivity contribution in [2.24, 2.45) is 0 Å². The van der Waals surface area contributed by atoms with Gasteiger partial charge in [0.25, 0.3) is 0 Å². The quantitative estimate of drug-likeness (QED) is 0.594. The Morgan fingerprint density at radius 3 is 2.67 bits per heavy atom. The lowest BCUT2D eigenvalue weighted by Crippen LogP contribution is -2.39. The Balaban J connectivity index is 2.22. The third-order valence-electron chi connectivity index (χ3n) is 2.86. The lowest BCUT2D eigenvalue weighted by Gasteiger charge is -2.21. The number of nitrogens with one attached hydrogen (secondary N) is 2. The molecule has 2 atom stereocenters. The molecule has 1 amide bonds. The number of hydrogen-bond donors (Lipinski definition) is 2. The monoisotopic (exact) mass is 252 g/mol. The fraction of sp³-hybridized carbons (Fsp3) is 0.786. The zero-order valence-corrected chi connectivity index (χ0v) is 11.6. The van der Waals surface area contributed by atoms with Gasteiger partial charge in [0, 0.05) is 25.0 Å². The minimum atomic E-state index is -0.437. The number of amides is 1. The van der Waals surface area contributed by atoms with Crippen molar-refractivity contribution in [3.8, 4) is 12.3 Å². The molecular formula is C14H24N2O2. The Morgan fingerprint density at radius 1 is 1.39 bits per heavy atom. The Kier molecular flexibility index (Phi) is 5.49. The number of carbonyl (C=O) groups is 1. The van der Waals surface area contributed by atoms with E-state index in [-0.39, 0.29) is 12.1 Å². The number of terminal acetylenes is 1. The van der Waals surface area contributed by atoms with Gasteiger partial charge in [0.2, 0.25) is 0 Å². The summed E-state index contributed by atoms with van der Waals surface area (Å²) in [7, 11) is 0. The Hall–Kier alpha value is -1.21. The van der Waals surface area contributed by atoms with Gasteiger partial charge in [-0.05, 0) is 40.0 Å². The van der Waals surface area contributed by atoms with Crippen LogP contribution in [0.5, 0.6) is 0 Å². The molecule has 1 aliphatic rings. The molecule has 1 aliphatic carbocycles. The van der Waals surface area contributed by atoms with Crippen LogP contribution in [0.15, 0.2) is 0 Å². The summed E-state index contributed by atoms with van der Waals surface area (Å²) in [6.07, 6.45) is 8.65. The maximum absolute atomic E-state index is 11.6. The van der Waals surface area contributed by atoms with Gasteiger partial charge in [-0.1, -0.05) is 0 Å². The van der Waals surface area contributed by atoms with Crippen molar-refractivity contribution in [2.75, 3.05) is 6.54 Å². The highest BCUT2D eigenvalue weighted by molar-refractivity contribution is 5.68. The van der Waals surface area contributed by atoms with E-state index in [2.05, 4.69) is 16.6 Å². The van der Waals surface area contributed by atoms with Crippen molar-refractivity contribution in [1.82, 2.24) is 10.6 Å². The fourth-order valence-electron chi connectivity index (χ4n) is 2.12. The van der Waals surface area contributed by atoms with Crippen LogP contribution in [0, 0.1) is 12.3 Å². The van der Waals surface area contributed by atoms with Crippen molar-refractivity contribution in [3.63, 3.8) is 0 Å². The molecule has 0 heterocycles. The van der Waals surface area contributed by atoms with Crippen molar-refractivity contribution < 1.29 is 9.53 Å². The zero-order chi connectivity index (χ0) is 13.6. The first-order valence-electron chi connectivity index (χ1n) is 6.57. The van der Waals surface area contributed by atoms with Gasteiger partial charge >= 0.3 is 6.09 Å². The lowest BCUT2D eigenvalue weighted by atomic mass is 10.2. The summed E-state index contributed by atoms with van der Waals surface area (Å²) >= 11 is 0. The molecule has 0 bridgehead atoms. The molecule has 0 aliphatic heterocycles. The van der Waals surface area contributed by atoms with Crippen molar-refractivity contribution >= 4 is 6.09 Å². The molecule has 0 radical (unpaired) electrons. The van der Waals surface area contributed by atoms with Crippen molar-refractivity contribution in [3.05, 3.63) is 0 Å². The molecular weight excluding hydrogens is 228 g/mol. The van der Waals surface area contributed by atoms with Gasteiger partial charge in [0.05, 0.1) is 0 Å². The Labute approximate surface area is 110 Å². The first kappa shape index (κ1) is 14.8. The van der Waals surface area contributed by atoms with Gasteiger partial charge in [-0.25, -0.2) is 4.79 Å². The van der Waals surface area contributed by atoms with E-state index in [1.807, 2.05) is 20.8 Å². The van der Waals surface area contributed by atoms with Crippen LogP contribution in [-0.2, 0) is 4.74 Å². The van der Waals surface area contributed by atoms with E-state index in [9.17, 15) is 4.79 Å². The molecule has 1 fully saturated rings. The summed E-state index contributed by atoms with van der Waals surface area (Å²) in [4.78, 5) is 11.6. The van der Waals surface area contributed by atoms with E-state index in [1.165, 1.54) is 0 Å². The van der Waals surface area contributed by atoms with Crippen LogP contribution in [0.2, 0.25) is 0 Å². The highest BCUT2D eigenvalue weighted by Gasteiger charge is 2.27. The normalized spacial score (nSPS) is 23.4. The van der Waals surface area contributed by atoms with Gasteiger partial charge in [-0.2, -0.15) is 0 Å².